The lowest BCUT2D eigenvalue weighted by Gasteiger charge is -2.09. The first-order valence-electron chi connectivity index (χ1n) is 6.86. The van der Waals surface area contributed by atoms with Crippen LogP contribution in [0.15, 0.2) is 26.0 Å². The molecule has 0 unspecified atom stereocenters. The Bertz CT molecular complexity index is 840. The summed E-state index contributed by atoms with van der Waals surface area (Å²) < 4.78 is 9.82. The highest BCUT2D eigenvalue weighted by atomic mass is 79.9. The van der Waals surface area contributed by atoms with Gasteiger partial charge in [0.1, 0.15) is 0 Å². The summed E-state index contributed by atoms with van der Waals surface area (Å²) in [5.41, 5.74) is 1.17. The molecule has 0 amide bonds. The second-order valence-corrected chi connectivity index (χ2v) is 5.95. The zero-order chi connectivity index (χ0) is 16.4. The monoisotopic (exact) mass is 370 g/mol. The van der Waals surface area contributed by atoms with E-state index in [-0.39, 0.29) is 12.1 Å². The first-order chi connectivity index (χ1) is 10.4. The first kappa shape index (κ1) is 16.7. The van der Waals surface area contributed by atoms with Gasteiger partial charge in [-0.15, -0.1) is 0 Å². The number of hydrogen-bond donors (Lipinski definition) is 0. The summed E-state index contributed by atoms with van der Waals surface area (Å²) in [5.74, 6) is 0. The highest BCUT2D eigenvalue weighted by molar-refractivity contribution is 9.10. The Balaban J connectivity index is 2.76. The van der Waals surface area contributed by atoms with E-state index in [9.17, 15) is 9.59 Å². The summed E-state index contributed by atoms with van der Waals surface area (Å²) in [4.78, 5) is 29.3. The molecule has 0 aliphatic rings. The van der Waals surface area contributed by atoms with Gasteiger partial charge >= 0.3 is 5.69 Å². The summed E-state index contributed by atoms with van der Waals surface area (Å²) in [6.45, 7) is 4.99. The molecule has 0 spiro atoms. The molecule has 0 saturated heterocycles. The number of fused-ring (bicyclic) bond motifs is 1. The van der Waals surface area contributed by atoms with E-state index in [4.69, 9.17) is 4.74 Å². The number of ether oxygens (including phenoxy) is 1. The molecule has 22 heavy (non-hydrogen) atoms. The number of hydrogen-bond acceptors (Lipinski definition) is 4. The van der Waals surface area contributed by atoms with E-state index < -0.39 is 5.69 Å². The van der Waals surface area contributed by atoms with Gasteiger partial charge < -0.3 is 9.30 Å². The third-order valence-electron chi connectivity index (χ3n) is 3.39. The third kappa shape index (κ3) is 2.93. The van der Waals surface area contributed by atoms with Gasteiger partial charge in [-0.05, 0) is 29.8 Å². The summed E-state index contributed by atoms with van der Waals surface area (Å²) in [6.07, 6.45) is 2.00. The number of methoxy groups -OCH3 is 1. The van der Waals surface area contributed by atoms with Crippen molar-refractivity contribution in [3.63, 3.8) is 0 Å². The van der Waals surface area contributed by atoms with Crippen LogP contribution in [0.1, 0.15) is 13.8 Å². The lowest BCUT2D eigenvalue weighted by atomic mass is 10.3. The van der Waals surface area contributed by atoms with Crippen LogP contribution in [-0.2, 0) is 24.9 Å². The van der Waals surface area contributed by atoms with E-state index in [0.717, 1.165) is 5.57 Å². The van der Waals surface area contributed by atoms with Gasteiger partial charge in [-0.3, -0.25) is 13.9 Å². The number of halogens is 1. The van der Waals surface area contributed by atoms with Crippen LogP contribution in [0.25, 0.3) is 11.2 Å². The first-order valence-corrected chi connectivity index (χ1v) is 7.65. The summed E-state index contributed by atoms with van der Waals surface area (Å²) >= 11 is 3.36. The van der Waals surface area contributed by atoms with E-state index in [2.05, 4.69) is 20.9 Å². The van der Waals surface area contributed by atoms with Gasteiger partial charge in [0.05, 0.1) is 13.2 Å². The quantitative estimate of drug-likeness (QED) is 0.586. The van der Waals surface area contributed by atoms with Gasteiger partial charge in [0.15, 0.2) is 15.9 Å². The predicted octanol–water partition coefficient (Wildman–Crippen LogP) is 1.27. The number of imidazole rings is 1. The number of aromatic nitrogens is 4. The molecule has 0 bridgehead atoms. The van der Waals surface area contributed by atoms with E-state index in [1.165, 1.54) is 16.2 Å². The minimum absolute atomic E-state index is 0.212. The van der Waals surface area contributed by atoms with E-state index in [1.54, 1.807) is 11.6 Å². The average Bonchev–Trinajstić information content (AvgIpc) is 2.80. The zero-order valence-corrected chi connectivity index (χ0v) is 14.7. The Morgan fingerprint density at radius 1 is 1.32 bits per heavy atom. The van der Waals surface area contributed by atoms with Crippen LogP contribution in [-0.4, -0.2) is 32.4 Å². The van der Waals surface area contributed by atoms with Crippen molar-refractivity contribution < 1.29 is 4.74 Å². The van der Waals surface area contributed by atoms with Crippen LogP contribution < -0.4 is 11.2 Å². The molecular weight excluding hydrogens is 352 g/mol. The normalized spacial score (nSPS) is 11.1. The van der Waals surface area contributed by atoms with Crippen LogP contribution in [0.5, 0.6) is 0 Å². The highest BCUT2D eigenvalue weighted by Gasteiger charge is 2.18. The second-order valence-electron chi connectivity index (χ2n) is 5.24. The predicted molar refractivity (Wildman–Crippen MR) is 88.2 cm³/mol. The lowest BCUT2D eigenvalue weighted by Crippen LogP contribution is -2.40. The topological polar surface area (TPSA) is 71.1 Å². The Labute approximate surface area is 136 Å². The van der Waals surface area contributed by atoms with Crippen LogP contribution in [0, 0.1) is 0 Å². The maximum absolute atomic E-state index is 12.7. The Kier molecular flexibility index (Phi) is 5.02. The van der Waals surface area contributed by atoms with E-state index in [1.807, 2.05) is 19.9 Å². The molecule has 2 aromatic heterocycles. The molecular formula is C14H19BrN4O3. The third-order valence-corrected chi connectivity index (χ3v) is 3.99. The van der Waals surface area contributed by atoms with Gasteiger partial charge in [-0.25, -0.2) is 9.78 Å². The van der Waals surface area contributed by atoms with Crippen molar-refractivity contribution >= 4 is 27.1 Å². The van der Waals surface area contributed by atoms with Crippen molar-refractivity contribution in [2.24, 2.45) is 7.05 Å². The van der Waals surface area contributed by atoms with Gasteiger partial charge in [-0.1, -0.05) is 11.6 Å². The molecule has 0 N–H and O–H groups in total. The van der Waals surface area contributed by atoms with Gasteiger partial charge in [0.25, 0.3) is 5.56 Å². The minimum Gasteiger partial charge on any atom is -0.383 e. The fourth-order valence-electron chi connectivity index (χ4n) is 2.17. The molecule has 0 aliphatic carbocycles. The highest BCUT2D eigenvalue weighted by Crippen LogP contribution is 2.16. The van der Waals surface area contributed by atoms with E-state index >= 15 is 0 Å². The van der Waals surface area contributed by atoms with E-state index in [0.29, 0.717) is 29.0 Å². The van der Waals surface area contributed by atoms with Crippen molar-refractivity contribution in [1.82, 2.24) is 18.7 Å². The van der Waals surface area contributed by atoms with Crippen LogP contribution >= 0.6 is 15.9 Å². The minimum atomic E-state index is -0.395. The fraction of sp³-hybridized carbons (Fsp3) is 0.500. The van der Waals surface area contributed by atoms with Crippen molar-refractivity contribution in [2.75, 3.05) is 13.7 Å². The van der Waals surface area contributed by atoms with Crippen molar-refractivity contribution in [3.05, 3.63) is 37.2 Å². The molecule has 0 radical (unpaired) electrons. The van der Waals surface area contributed by atoms with Crippen LogP contribution in [0.4, 0.5) is 0 Å². The molecule has 2 heterocycles. The molecule has 0 atom stereocenters. The van der Waals surface area contributed by atoms with Crippen molar-refractivity contribution in [1.29, 1.82) is 0 Å². The molecule has 0 aliphatic heterocycles. The van der Waals surface area contributed by atoms with Crippen molar-refractivity contribution in [2.45, 2.75) is 26.9 Å². The molecule has 0 fully saturated rings. The Morgan fingerprint density at radius 3 is 2.59 bits per heavy atom. The maximum Gasteiger partial charge on any atom is 0.332 e. The SMILES string of the molecule is COCCn1c(=O)c2c(nc(Br)n2CC=C(C)C)n(C)c1=O. The van der Waals surface area contributed by atoms with Gasteiger partial charge in [0, 0.05) is 20.7 Å². The average molecular weight is 371 g/mol. The smallest absolute Gasteiger partial charge is 0.332 e. The fourth-order valence-corrected chi connectivity index (χ4v) is 2.66. The largest absolute Gasteiger partial charge is 0.383 e. The Hall–Kier alpha value is -1.67. The molecule has 2 rings (SSSR count). The Morgan fingerprint density at radius 2 is 2.00 bits per heavy atom. The lowest BCUT2D eigenvalue weighted by molar-refractivity contribution is 0.184. The molecule has 120 valence electrons. The summed E-state index contributed by atoms with van der Waals surface area (Å²) in [6, 6.07) is 0. The second kappa shape index (κ2) is 6.62. The standard InChI is InChI=1S/C14H19BrN4O3/c1-9(2)5-6-18-10-11(16-13(18)15)17(3)14(21)19(12(10)20)7-8-22-4/h5H,6-8H2,1-4H3. The van der Waals surface area contributed by atoms with Gasteiger partial charge in [0.2, 0.25) is 0 Å². The molecule has 0 saturated carbocycles. The number of nitrogens with zero attached hydrogens (tertiary/aromatic N) is 4. The van der Waals surface area contributed by atoms with Gasteiger partial charge in [-0.2, -0.15) is 0 Å². The molecule has 7 nitrogen and oxygen atoms in total. The van der Waals surface area contributed by atoms with Crippen LogP contribution in [0.3, 0.4) is 0 Å². The summed E-state index contributed by atoms with van der Waals surface area (Å²) in [5, 5.41) is 0. The number of aryl methyl sites for hydroxylation is 1. The van der Waals surface area contributed by atoms with Crippen molar-refractivity contribution in [3.8, 4) is 0 Å². The molecule has 8 heteroatoms. The maximum atomic E-state index is 12.7. The van der Waals surface area contributed by atoms with Crippen LogP contribution in [0.2, 0.25) is 0 Å². The zero-order valence-electron chi connectivity index (χ0n) is 13.1. The number of rotatable bonds is 5. The number of allylic oxidation sites excluding steroid dienone is 2. The molecule has 0 aromatic carbocycles. The molecule has 2 aromatic rings. The summed E-state index contributed by atoms with van der Waals surface area (Å²) in [7, 11) is 3.14.